The largest absolute Gasteiger partial charge is 0.396 e. The lowest BCUT2D eigenvalue weighted by atomic mass is 10.1. The van der Waals surface area contributed by atoms with Crippen LogP contribution in [0.1, 0.15) is 11.1 Å². The summed E-state index contributed by atoms with van der Waals surface area (Å²) in [4.78, 5) is 3.99. The van der Waals surface area contributed by atoms with E-state index in [0.717, 1.165) is 11.3 Å². The number of benzene rings is 1. The average molecular weight is 239 g/mol. The zero-order valence-electron chi connectivity index (χ0n) is 9.80. The molecule has 4 heteroatoms. The van der Waals surface area contributed by atoms with Gasteiger partial charge in [-0.2, -0.15) is 5.26 Å². The predicted octanol–water partition coefficient (Wildman–Crippen LogP) is 2.23. The molecule has 0 aliphatic rings. The lowest BCUT2D eigenvalue weighted by Crippen LogP contribution is -1.95. The second-order valence-corrected chi connectivity index (χ2v) is 3.83. The fourth-order valence-corrected chi connectivity index (χ4v) is 1.63. The highest BCUT2D eigenvalue weighted by atomic mass is 16.2. The Morgan fingerprint density at radius 3 is 2.67 bits per heavy atom. The first-order chi connectivity index (χ1) is 8.83. The fraction of sp³-hybridized carbons (Fsp3) is 0.143. The summed E-state index contributed by atoms with van der Waals surface area (Å²) in [6.07, 6.45) is 3.87. The molecular weight excluding hydrogens is 226 g/mol. The number of aromatic nitrogens is 1. The van der Waals surface area contributed by atoms with Gasteiger partial charge in [0.2, 0.25) is 0 Å². The van der Waals surface area contributed by atoms with Gasteiger partial charge in [0.15, 0.2) is 0 Å². The van der Waals surface area contributed by atoms with E-state index in [1.165, 1.54) is 0 Å². The molecule has 0 saturated heterocycles. The molecule has 2 aromatic rings. The maximum absolute atomic E-state index is 8.96. The minimum Gasteiger partial charge on any atom is -0.396 e. The van der Waals surface area contributed by atoms with Crippen LogP contribution < -0.4 is 5.32 Å². The molecule has 4 nitrogen and oxygen atoms in total. The number of aliphatic hydroxyl groups excluding tert-OH is 1. The van der Waals surface area contributed by atoms with E-state index in [9.17, 15) is 0 Å². The van der Waals surface area contributed by atoms with Crippen LogP contribution >= 0.6 is 0 Å². The van der Waals surface area contributed by atoms with Gasteiger partial charge in [-0.25, -0.2) is 0 Å². The van der Waals surface area contributed by atoms with Crippen LogP contribution in [0, 0.1) is 11.3 Å². The standard InChI is InChI=1S/C14H13N3O/c15-9-12-5-7-16-10-14(12)17-13-3-1-11(2-4-13)6-8-18/h1-5,7,10,17-18H,6,8H2. The molecule has 0 spiro atoms. The van der Waals surface area contributed by atoms with Gasteiger partial charge in [0.25, 0.3) is 0 Å². The molecule has 1 aromatic heterocycles. The Hall–Kier alpha value is -2.38. The summed E-state index contributed by atoms with van der Waals surface area (Å²) in [5.41, 5.74) is 3.22. The lowest BCUT2D eigenvalue weighted by Gasteiger charge is -2.08. The van der Waals surface area contributed by atoms with Crippen molar-refractivity contribution in [2.45, 2.75) is 6.42 Å². The predicted molar refractivity (Wildman–Crippen MR) is 69.5 cm³/mol. The normalized spacial score (nSPS) is 9.78. The van der Waals surface area contributed by atoms with E-state index >= 15 is 0 Å². The molecule has 0 aliphatic heterocycles. The summed E-state index contributed by atoms with van der Waals surface area (Å²) < 4.78 is 0. The van der Waals surface area contributed by atoms with E-state index in [2.05, 4.69) is 16.4 Å². The monoisotopic (exact) mass is 239 g/mol. The van der Waals surface area contributed by atoms with Crippen LogP contribution in [0.25, 0.3) is 0 Å². The van der Waals surface area contributed by atoms with Crippen molar-refractivity contribution >= 4 is 11.4 Å². The van der Waals surface area contributed by atoms with Crippen molar-refractivity contribution < 1.29 is 5.11 Å². The number of hydrogen-bond donors (Lipinski definition) is 2. The van der Waals surface area contributed by atoms with Gasteiger partial charge in [-0.05, 0) is 30.2 Å². The maximum atomic E-state index is 8.96. The highest BCUT2D eigenvalue weighted by Crippen LogP contribution is 2.19. The number of rotatable bonds is 4. The molecule has 0 bridgehead atoms. The summed E-state index contributed by atoms with van der Waals surface area (Å²) in [5.74, 6) is 0. The Labute approximate surface area is 106 Å². The van der Waals surface area contributed by atoms with Crippen LogP contribution in [0.5, 0.6) is 0 Å². The van der Waals surface area contributed by atoms with E-state index in [4.69, 9.17) is 10.4 Å². The van der Waals surface area contributed by atoms with Gasteiger partial charge in [0, 0.05) is 18.5 Å². The number of nitrogens with zero attached hydrogens (tertiary/aromatic N) is 2. The zero-order chi connectivity index (χ0) is 12.8. The van der Waals surface area contributed by atoms with Crippen molar-refractivity contribution in [1.29, 1.82) is 5.26 Å². The zero-order valence-corrected chi connectivity index (χ0v) is 9.80. The molecule has 0 unspecified atom stereocenters. The van der Waals surface area contributed by atoms with Crippen LogP contribution in [0.2, 0.25) is 0 Å². The second-order valence-electron chi connectivity index (χ2n) is 3.83. The van der Waals surface area contributed by atoms with Crippen LogP contribution in [-0.4, -0.2) is 16.7 Å². The number of nitrogens with one attached hydrogen (secondary N) is 1. The topological polar surface area (TPSA) is 68.9 Å². The summed E-state index contributed by atoms with van der Waals surface area (Å²) in [6.45, 7) is 0.147. The molecule has 0 radical (unpaired) electrons. The van der Waals surface area contributed by atoms with Crippen molar-refractivity contribution in [3.05, 3.63) is 53.9 Å². The van der Waals surface area contributed by atoms with Gasteiger partial charge in [-0.15, -0.1) is 0 Å². The first-order valence-electron chi connectivity index (χ1n) is 5.64. The van der Waals surface area contributed by atoms with Crippen LogP contribution in [0.15, 0.2) is 42.7 Å². The van der Waals surface area contributed by atoms with E-state index in [1.807, 2.05) is 24.3 Å². The second kappa shape index (κ2) is 5.80. The van der Waals surface area contributed by atoms with Crippen molar-refractivity contribution in [3.8, 4) is 6.07 Å². The molecule has 90 valence electrons. The summed E-state index contributed by atoms with van der Waals surface area (Å²) in [6, 6.07) is 11.5. The maximum Gasteiger partial charge on any atom is 0.101 e. The highest BCUT2D eigenvalue weighted by Gasteiger charge is 2.01. The third-order valence-electron chi connectivity index (χ3n) is 2.57. The fourth-order valence-electron chi connectivity index (χ4n) is 1.63. The molecule has 0 fully saturated rings. The molecule has 1 aromatic carbocycles. The Morgan fingerprint density at radius 2 is 2.00 bits per heavy atom. The van der Waals surface area contributed by atoms with E-state index in [-0.39, 0.29) is 6.61 Å². The van der Waals surface area contributed by atoms with Crippen LogP contribution in [-0.2, 0) is 6.42 Å². The molecule has 2 N–H and O–H groups in total. The van der Waals surface area contributed by atoms with Gasteiger partial charge < -0.3 is 10.4 Å². The quantitative estimate of drug-likeness (QED) is 0.858. The first kappa shape index (κ1) is 12.1. The Morgan fingerprint density at radius 1 is 1.22 bits per heavy atom. The van der Waals surface area contributed by atoms with Gasteiger partial charge in [0.1, 0.15) is 6.07 Å². The SMILES string of the molecule is N#Cc1ccncc1Nc1ccc(CCO)cc1. The minimum atomic E-state index is 0.147. The van der Waals surface area contributed by atoms with Crippen LogP contribution in [0.3, 0.4) is 0 Å². The Kier molecular flexibility index (Phi) is 3.90. The van der Waals surface area contributed by atoms with Crippen molar-refractivity contribution in [2.24, 2.45) is 0 Å². The third kappa shape index (κ3) is 2.84. The number of hydrogen-bond acceptors (Lipinski definition) is 4. The number of aliphatic hydroxyl groups is 1. The molecule has 0 aliphatic carbocycles. The third-order valence-corrected chi connectivity index (χ3v) is 2.57. The van der Waals surface area contributed by atoms with Gasteiger partial charge in [-0.3, -0.25) is 4.98 Å². The van der Waals surface area contributed by atoms with E-state index in [0.29, 0.717) is 17.7 Å². The summed E-state index contributed by atoms with van der Waals surface area (Å²) in [7, 11) is 0. The molecule has 18 heavy (non-hydrogen) atoms. The smallest absolute Gasteiger partial charge is 0.101 e. The molecule has 2 rings (SSSR count). The minimum absolute atomic E-state index is 0.147. The lowest BCUT2D eigenvalue weighted by molar-refractivity contribution is 0.299. The molecule has 0 atom stereocenters. The highest BCUT2D eigenvalue weighted by molar-refractivity contribution is 5.65. The van der Waals surface area contributed by atoms with Crippen molar-refractivity contribution in [2.75, 3.05) is 11.9 Å². The van der Waals surface area contributed by atoms with Crippen molar-refractivity contribution in [3.63, 3.8) is 0 Å². The number of pyridine rings is 1. The first-order valence-corrected chi connectivity index (χ1v) is 5.64. The number of nitriles is 1. The molecule has 1 heterocycles. The Balaban J connectivity index is 2.16. The van der Waals surface area contributed by atoms with E-state index < -0.39 is 0 Å². The van der Waals surface area contributed by atoms with Crippen molar-refractivity contribution in [1.82, 2.24) is 4.98 Å². The molecular formula is C14H13N3O. The average Bonchev–Trinajstić information content (AvgIpc) is 2.42. The summed E-state index contributed by atoms with van der Waals surface area (Å²) in [5, 5.41) is 20.9. The molecule has 0 amide bonds. The summed E-state index contributed by atoms with van der Waals surface area (Å²) >= 11 is 0. The van der Waals surface area contributed by atoms with Gasteiger partial charge >= 0.3 is 0 Å². The number of anilines is 2. The van der Waals surface area contributed by atoms with Gasteiger partial charge in [0.05, 0.1) is 17.4 Å². The van der Waals surface area contributed by atoms with E-state index in [1.54, 1.807) is 18.5 Å². The van der Waals surface area contributed by atoms with Crippen LogP contribution in [0.4, 0.5) is 11.4 Å². The van der Waals surface area contributed by atoms with Gasteiger partial charge in [-0.1, -0.05) is 12.1 Å². The Bertz CT molecular complexity index is 558. The molecule has 0 saturated carbocycles.